The molecule has 2 N–H and O–H groups in total. The van der Waals surface area contributed by atoms with E-state index in [0.717, 1.165) is 23.3 Å². The van der Waals surface area contributed by atoms with E-state index in [9.17, 15) is 5.11 Å². The summed E-state index contributed by atoms with van der Waals surface area (Å²) in [5.74, 6) is 0.320. The summed E-state index contributed by atoms with van der Waals surface area (Å²) in [5.41, 5.74) is 7.42. The lowest BCUT2D eigenvalue weighted by molar-refractivity contribution is 0.455. The van der Waals surface area contributed by atoms with Crippen LogP contribution < -0.4 is 5.43 Å². The number of hydrogen-bond donors (Lipinski definition) is 2. The summed E-state index contributed by atoms with van der Waals surface area (Å²) in [6.07, 6.45) is 0.792. The molecule has 3 nitrogen and oxygen atoms in total. The minimum atomic E-state index is 0.0532. The minimum Gasteiger partial charge on any atom is -0.508 e. The maximum Gasteiger partial charge on any atom is 0.120 e. The number of rotatable bonds is 2. The quantitative estimate of drug-likeness (QED) is 0.862. The van der Waals surface area contributed by atoms with Crippen molar-refractivity contribution >= 4 is 5.71 Å². The number of phenols is 1. The number of benzene rings is 2. The summed E-state index contributed by atoms with van der Waals surface area (Å²) in [6.45, 7) is 2.07. The van der Waals surface area contributed by atoms with E-state index in [-0.39, 0.29) is 6.04 Å². The fourth-order valence-corrected chi connectivity index (χ4v) is 2.33. The normalized spacial score (nSPS) is 17.9. The molecule has 1 atom stereocenters. The summed E-state index contributed by atoms with van der Waals surface area (Å²) in [6, 6.07) is 15.8. The largest absolute Gasteiger partial charge is 0.508 e. The predicted octanol–water partition coefficient (Wildman–Crippen LogP) is 3.14. The molecule has 2 aromatic carbocycles. The molecule has 0 saturated carbocycles. The molecule has 0 unspecified atom stereocenters. The van der Waals surface area contributed by atoms with E-state index in [1.54, 1.807) is 6.07 Å². The van der Waals surface area contributed by atoms with Crippen LogP contribution in [0.5, 0.6) is 5.75 Å². The summed E-state index contributed by atoms with van der Waals surface area (Å²) < 4.78 is 0. The molecule has 96 valence electrons. The van der Waals surface area contributed by atoms with E-state index in [4.69, 9.17) is 0 Å². The third-order valence-electron chi connectivity index (χ3n) is 3.45. The number of nitrogens with one attached hydrogen (secondary N) is 1. The summed E-state index contributed by atoms with van der Waals surface area (Å²) in [5, 5.41) is 14.3. The standard InChI is InChI=1S/C16H16N2O/c1-11-6-8-12(9-7-11)14-10-15(18-17-14)13-4-2-3-5-16(13)19/h2-9,15,18-19H,10H2,1H3/t15-/m1/s1. The third kappa shape index (κ3) is 2.32. The molecule has 0 amide bonds. The number of nitrogens with zero attached hydrogens (tertiary/aromatic N) is 1. The molecule has 3 heteroatoms. The van der Waals surface area contributed by atoms with Crippen LogP contribution >= 0.6 is 0 Å². The predicted molar refractivity (Wildman–Crippen MR) is 76.3 cm³/mol. The first-order valence-electron chi connectivity index (χ1n) is 6.41. The molecule has 0 radical (unpaired) electrons. The molecule has 1 aliphatic rings. The highest BCUT2D eigenvalue weighted by Crippen LogP contribution is 2.30. The van der Waals surface area contributed by atoms with Gasteiger partial charge in [0.15, 0.2) is 0 Å². The zero-order valence-electron chi connectivity index (χ0n) is 10.8. The van der Waals surface area contributed by atoms with Gasteiger partial charge in [-0.25, -0.2) is 0 Å². The molecule has 0 spiro atoms. The first kappa shape index (κ1) is 11.8. The van der Waals surface area contributed by atoms with Crippen molar-refractivity contribution in [1.82, 2.24) is 5.43 Å². The van der Waals surface area contributed by atoms with Crippen LogP contribution in [0, 0.1) is 6.92 Å². The van der Waals surface area contributed by atoms with Gasteiger partial charge in [-0.1, -0.05) is 48.0 Å². The Balaban J connectivity index is 1.80. The van der Waals surface area contributed by atoms with Gasteiger partial charge >= 0.3 is 0 Å². The monoisotopic (exact) mass is 252 g/mol. The number of hydrazone groups is 1. The molecule has 2 aromatic rings. The summed E-state index contributed by atoms with van der Waals surface area (Å²) in [4.78, 5) is 0. The number of aryl methyl sites for hydroxylation is 1. The lowest BCUT2D eigenvalue weighted by Crippen LogP contribution is -2.10. The number of aromatic hydroxyl groups is 1. The molecular formula is C16H16N2O. The molecule has 1 aliphatic heterocycles. The van der Waals surface area contributed by atoms with Gasteiger partial charge in [0, 0.05) is 12.0 Å². The van der Waals surface area contributed by atoms with Crippen molar-refractivity contribution in [2.24, 2.45) is 5.10 Å². The molecule has 1 heterocycles. The van der Waals surface area contributed by atoms with Crippen molar-refractivity contribution < 1.29 is 5.11 Å². The van der Waals surface area contributed by atoms with Gasteiger partial charge in [-0.05, 0) is 18.6 Å². The van der Waals surface area contributed by atoms with Crippen molar-refractivity contribution in [1.29, 1.82) is 0 Å². The van der Waals surface area contributed by atoms with Crippen LogP contribution in [0.2, 0.25) is 0 Å². The van der Waals surface area contributed by atoms with Crippen molar-refractivity contribution in [3.05, 3.63) is 65.2 Å². The van der Waals surface area contributed by atoms with Gasteiger partial charge in [-0.3, -0.25) is 0 Å². The highest BCUT2D eigenvalue weighted by Gasteiger charge is 2.22. The molecule has 0 aliphatic carbocycles. The van der Waals surface area contributed by atoms with Gasteiger partial charge in [0.2, 0.25) is 0 Å². The molecular weight excluding hydrogens is 236 g/mol. The molecule has 19 heavy (non-hydrogen) atoms. The van der Waals surface area contributed by atoms with Crippen molar-refractivity contribution in [3.8, 4) is 5.75 Å². The Morgan fingerprint density at radius 2 is 1.84 bits per heavy atom. The topological polar surface area (TPSA) is 44.6 Å². The molecule has 3 rings (SSSR count). The average molecular weight is 252 g/mol. The second-order valence-corrected chi connectivity index (χ2v) is 4.87. The fraction of sp³-hybridized carbons (Fsp3) is 0.188. The van der Waals surface area contributed by atoms with Crippen molar-refractivity contribution in [2.45, 2.75) is 19.4 Å². The van der Waals surface area contributed by atoms with Gasteiger partial charge in [0.05, 0.1) is 11.8 Å². The number of para-hydroxylation sites is 1. The van der Waals surface area contributed by atoms with Gasteiger partial charge < -0.3 is 10.5 Å². The Morgan fingerprint density at radius 3 is 2.58 bits per heavy atom. The highest BCUT2D eigenvalue weighted by molar-refractivity contribution is 6.01. The minimum absolute atomic E-state index is 0.0532. The van der Waals surface area contributed by atoms with Crippen LogP contribution in [0.25, 0.3) is 0 Å². The van der Waals surface area contributed by atoms with E-state index in [1.165, 1.54) is 5.56 Å². The Morgan fingerprint density at radius 1 is 1.11 bits per heavy atom. The Bertz CT molecular complexity index is 617. The smallest absolute Gasteiger partial charge is 0.120 e. The zero-order chi connectivity index (χ0) is 13.2. The van der Waals surface area contributed by atoms with Crippen LogP contribution in [-0.4, -0.2) is 10.8 Å². The Hall–Kier alpha value is -2.29. The van der Waals surface area contributed by atoms with Gasteiger partial charge in [-0.2, -0.15) is 5.10 Å². The van der Waals surface area contributed by atoms with Gasteiger partial charge in [-0.15, -0.1) is 0 Å². The first-order valence-corrected chi connectivity index (χ1v) is 6.41. The second kappa shape index (κ2) is 4.76. The maximum atomic E-state index is 9.87. The molecule has 0 bridgehead atoms. The van der Waals surface area contributed by atoms with Crippen LogP contribution in [0.15, 0.2) is 53.6 Å². The second-order valence-electron chi connectivity index (χ2n) is 4.87. The average Bonchev–Trinajstić information content (AvgIpc) is 2.89. The van der Waals surface area contributed by atoms with E-state index in [1.807, 2.05) is 18.2 Å². The summed E-state index contributed by atoms with van der Waals surface area (Å²) in [7, 11) is 0. The van der Waals surface area contributed by atoms with Crippen molar-refractivity contribution in [2.75, 3.05) is 0 Å². The Kier molecular flexibility index (Phi) is 2.95. The van der Waals surface area contributed by atoms with E-state index < -0.39 is 0 Å². The van der Waals surface area contributed by atoms with Crippen LogP contribution in [0.4, 0.5) is 0 Å². The highest BCUT2D eigenvalue weighted by atomic mass is 16.3. The summed E-state index contributed by atoms with van der Waals surface area (Å²) >= 11 is 0. The zero-order valence-corrected chi connectivity index (χ0v) is 10.8. The Labute approximate surface area is 112 Å². The van der Waals surface area contributed by atoms with Crippen LogP contribution in [0.1, 0.15) is 29.2 Å². The van der Waals surface area contributed by atoms with E-state index >= 15 is 0 Å². The van der Waals surface area contributed by atoms with E-state index in [2.05, 4.69) is 41.7 Å². The van der Waals surface area contributed by atoms with Gasteiger partial charge in [0.1, 0.15) is 5.75 Å². The lowest BCUT2D eigenvalue weighted by atomic mass is 9.98. The number of phenolic OH excluding ortho intramolecular Hbond substituents is 1. The maximum absolute atomic E-state index is 9.87. The molecule has 0 aromatic heterocycles. The third-order valence-corrected chi connectivity index (χ3v) is 3.45. The van der Waals surface area contributed by atoms with Crippen LogP contribution in [0.3, 0.4) is 0 Å². The van der Waals surface area contributed by atoms with Crippen molar-refractivity contribution in [3.63, 3.8) is 0 Å². The lowest BCUT2D eigenvalue weighted by Gasteiger charge is -2.11. The molecule has 0 saturated heterocycles. The molecule has 0 fully saturated rings. The fourth-order valence-electron chi connectivity index (χ4n) is 2.33. The number of hydrogen-bond acceptors (Lipinski definition) is 3. The van der Waals surface area contributed by atoms with Gasteiger partial charge in [0.25, 0.3) is 0 Å². The SMILES string of the molecule is Cc1ccc(C2=NN[C@@H](c3ccccc3O)C2)cc1. The first-order chi connectivity index (χ1) is 9.24. The van der Waals surface area contributed by atoms with Crippen LogP contribution in [-0.2, 0) is 0 Å². The van der Waals surface area contributed by atoms with E-state index in [0.29, 0.717) is 5.75 Å².